The van der Waals surface area contributed by atoms with Crippen LogP contribution in [0.1, 0.15) is 29.2 Å². The van der Waals surface area contributed by atoms with Crippen molar-refractivity contribution < 1.29 is 4.79 Å². The van der Waals surface area contributed by atoms with E-state index in [9.17, 15) is 4.79 Å². The van der Waals surface area contributed by atoms with Crippen LogP contribution in [0.3, 0.4) is 0 Å². The second-order valence-corrected chi connectivity index (χ2v) is 6.81. The van der Waals surface area contributed by atoms with E-state index in [-0.39, 0.29) is 18.5 Å². The Morgan fingerprint density at radius 2 is 1.39 bits per heavy atom. The van der Waals surface area contributed by atoms with E-state index in [0.29, 0.717) is 6.54 Å². The molecule has 0 fully saturated rings. The molecule has 0 bridgehead atoms. The molecule has 0 aliphatic carbocycles. The molecule has 3 aromatic carbocycles. The lowest BCUT2D eigenvalue weighted by molar-refractivity contribution is -0.129. The van der Waals surface area contributed by atoms with E-state index in [2.05, 4.69) is 34.7 Å². The lowest BCUT2D eigenvalue weighted by atomic mass is 9.99. The first-order valence-corrected chi connectivity index (χ1v) is 9.58. The molecule has 0 aromatic heterocycles. The Kier molecular flexibility index (Phi) is 5.59. The summed E-state index contributed by atoms with van der Waals surface area (Å²) in [4.78, 5) is 12.7. The van der Waals surface area contributed by atoms with Crippen molar-refractivity contribution in [3.63, 3.8) is 0 Å². The number of nitrogens with one attached hydrogen (secondary N) is 1. The molecule has 0 saturated heterocycles. The molecule has 4 rings (SSSR count). The van der Waals surface area contributed by atoms with Crippen molar-refractivity contribution in [2.75, 3.05) is 13.1 Å². The minimum absolute atomic E-state index is 0.0113. The first-order chi connectivity index (χ1) is 13.8. The van der Waals surface area contributed by atoms with E-state index >= 15 is 0 Å². The average molecular weight is 369 g/mol. The summed E-state index contributed by atoms with van der Waals surface area (Å²) in [5.74, 6) is -0.0113. The first-order valence-electron chi connectivity index (χ1n) is 9.58. The van der Waals surface area contributed by atoms with Gasteiger partial charge >= 0.3 is 0 Å². The second kappa shape index (κ2) is 8.63. The van der Waals surface area contributed by atoms with Crippen LogP contribution in [0.4, 0.5) is 0 Å². The molecule has 0 unspecified atom stereocenters. The van der Waals surface area contributed by atoms with Gasteiger partial charge in [0.15, 0.2) is 0 Å². The SMILES string of the molecule is O=C(CNC(c1ccccc1)c1ccccc1)N1CCC(c2ccccc2)=N1. The number of carbonyl (C=O) groups excluding carboxylic acids is 1. The number of hydrazone groups is 1. The number of hydrogen-bond donors (Lipinski definition) is 1. The summed E-state index contributed by atoms with van der Waals surface area (Å²) in [6.07, 6.45) is 0.788. The summed E-state index contributed by atoms with van der Waals surface area (Å²) in [6.45, 7) is 0.867. The third-order valence-electron chi connectivity index (χ3n) is 4.92. The van der Waals surface area contributed by atoms with Crippen LogP contribution < -0.4 is 5.32 Å². The standard InChI is InChI=1S/C24H23N3O/c28-23(27-17-16-22(26-27)19-10-4-1-5-11-19)18-25-24(20-12-6-2-7-13-20)21-14-8-3-9-15-21/h1-15,24-25H,16-18H2. The third-order valence-corrected chi connectivity index (χ3v) is 4.92. The lowest BCUT2D eigenvalue weighted by Crippen LogP contribution is -2.36. The van der Waals surface area contributed by atoms with Crippen LogP contribution in [0.5, 0.6) is 0 Å². The molecule has 28 heavy (non-hydrogen) atoms. The number of carbonyl (C=O) groups is 1. The van der Waals surface area contributed by atoms with Crippen LogP contribution in [0, 0.1) is 0 Å². The number of nitrogens with zero attached hydrogens (tertiary/aromatic N) is 2. The molecular formula is C24H23N3O. The number of rotatable bonds is 6. The van der Waals surface area contributed by atoms with Crippen LogP contribution in [0.25, 0.3) is 0 Å². The highest BCUT2D eigenvalue weighted by atomic mass is 16.2. The molecule has 1 N–H and O–H groups in total. The molecule has 1 heterocycles. The van der Waals surface area contributed by atoms with Crippen molar-refractivity contribution in [3.8, 4) is 0 Å². The van der Waals surface area contributed by atoms with Crippen LogP contribution in [-0.4, -0.2) is 29.7 Å². The quantitative estimate of drug-likeness (QED) is 0.714. The van der Waals surface area contributed by atoms with Gasteiger partial charge in [-0.15, -0.1) is 0 Å². The monoisotopic (exact) mass is 369 g/mol. The van der Waals surface area contributed by atoms with Crippen molar-refractivity contribution in [3.05, 3.63) is 108 Å². The summed E-state index contributed by atoms with van der Waals surface area (Å²) in [6, 6.07) is 30.4. The first kappa shape index (κ1) is 18.1. The van der Waals surface area contributed by atoms with E-state index in [4.69, 9.17) is 0 Å². The molecule has 0 saturated carbocycles. The summed E-state index contributed by atoms with van der Waals surface area (Å²) in [5.41, 5.74) is 4.32. The highest BCUT2D eigenvalue weighted by Gasteiger charge is 2.22. The van der Waals surface area contributed by atoms with Gasteiger partial charge in [0, 0.05) is 6.42 Å². The normalized spacial score (nSPS) is 13.6. The molecule has 0 radical (unpaired) electrons. The second-order valence-electron chi connectivity index (χ2n) is 6.81. The largest absolute Gasteiger partial charge is 0.298 e. The summed E-state index contributed by atoms with van der Waals surface area (Å²) >= 11 is 0. The van der Waals surface area contributed by atoms with Crippen molar-refractivity contribution in [1.82, 2.24) is 10.3 Å². The zero-order valence-electron chi connectivity index (χ0n) is 15.7. The van der Waals surface area contributed by atoms with Crippen molar-refractivity contribution >= 4 is 11.6 Å². The van der Waals surface area contributed by atoms with Gasteiger partial charge < -0.3 is 0 Å². The Morgan fingerprint density at radius 1 is 0.857 bits per heavy atom. The van der Waals surface area contributed by atoms with Gasteiger partial charge in [-0.3, -0.25) is 10.1 Å². The van der Waals surface area contributed by atoms with Gasteiger partial charge in [-0.1, -0.05) is 91.0 Å². The molecule has 0 spiro atoms. The van der Waals surface area contributed by atoms with Gasteiger partial charge in [0.1, 0.15) is 0 Å². The van der Waals surface area contributed by atoms with Crippen molar-refractivity contribution in [1.29, 1.82) is 0 Å². The van der Waals surface area contributed by atoms with Crippen LogP contribution in [0.15, 0.2) is 96.1 Å². The molecule has 0 atom stereocenters. The van der Waals surface area contributed by atoms with Gasteiger partial charge in [-0.2, -0.15) is 5.10 Å². The molecule has 1 amide bonds. The van der Waals surface area contributed by atoms with Gasteiger partial charge in [0.25, 0.3) is 5.91 Å². The van der Waals surface area contributed by atoms with Gasteiger partial charge in [0.2, 0.25) is 0 Å². The molecule has 4 heteroatoms. The van der Waals surface area contributed by atoms with Crippen LogP contribution in [-0.2, 0) is 4.79 Å². The topological polar surface area (TPSA) is 44.7 Å². The summed E-state index contributed by atoms with van der Waals surface area (Å²) in [7, 11) is 0. The van der Waals surface area contributed by atoms with Crippen molar-refractivity contribution in [2.24, 2.45) is 5.10 Å². The highest BCUT2D eigenvalue weighted by Crippen LogP contribution is 2.22. The summed E-state index contributed by atoms with van der Waals surface area (Å²) in [5, 5.41) is 9.55. The lowest BCUT2D eigenvalue weighted by Gasteiger charge is -2.21. The minimum atomic E-state index is -0.0356. The molecule has 1 aliphatic heterocycles. The maximum absolute atomic E-state index is 12.7. The van der Waals surface area contributed by atoms with E-state index in [1.165, 1.54) is 0 Å². The summed E-state index contributed by atoms with van der Waals surface area (Å²) < 4.78 is 0. The Morgan fingerprint density at radius 3 is 1.96 bits per heavy atom. The number of amides is 1. The molecule has 4 nitrogen and oxygen atoms in total. The Hall–Kier alpha value is -3.24. The van der Waals surface area contributed by atoms with Gasteiger partial charge in [-0.05, 0) is 16.7 Å². The zero-order valence-corrected chi connectivity index (χ0v) is 15.7. The number of benzene rings is 3. The molecule has 1 aliphatic rings. The van der Waals surface area contributed by atoms with Crippen molar-refractivity contribution in [2.45, 2.75) is 12.5 Å². The highest BCUT2D eigenvalue weighted by molar-refractivity contribution is 6.02. The van der Waals surface area contributed by atoms with E-state index in [1.54, 1.807) is 5.01 Å². The minimum Gasteiger partial charge on any atom is -0.298 e. The zero-order chi connectivity index (χ0) is 19.2. The molecule has 140 valence electrons. The maximum atomic E-state index is 12.7. The third kappa shape index (κ3) is 4.18. The maximum Gasteiger partial charge on any atom is 0.256 e. The van der Waals surface area contributed by atoms with Crippen LogP contribution >= 0.6 is 0 Å². The van der Waals surface area contributed by atoms with Gasteiger partial charge in [0.05, 0.1) is 24.8 Å². The smallest absolute Gasteiger partial charge is 0.256 e. The fourth-order valence-electron chi connectivity index (χ4n) is 3.47. The fourth-order valence-corrected chi connectivity index (χ4v) is 3.47. The fraction of sp³-hybridized carbons (Fsp3) is 0.167. The number of hydrogen-bond acceptors (Lipinski definition) is 3. The van der Waals surface area contributed by atoms with Crippen LogP contribution in [0.2, 0.25) is 0 Å². The van der Waals surface area contributed by atoms with E-state index < -0.39 is 0 Å². The Balaban J connectivity index is 1.46. The van der Waals surface area contributed by atoms with Gasteiger partial charge in [-0.25, -0.2) is 5.01 Å². The molecule has 3 aromatic rings. The Labute approximate surface area is 165 Å². The van der Waals surface area contributed by atoms with E-state index in [1.807, 2.05) is 66.7 Å². The van der Waals surface area contributed by atoms with E-state index in [0.717, 1.165) is 28.8 Å². The predicted octanol–water partition coefficient (Wildman–Crippen LogP) is 4.00. The Bertz CT molecular complexity index is 900. The molecular weight excluding hydrogens is 346 g/mol. The predicted molar refractivity (Wildman–Crippen MR) is 112 cm³/mol. The average Bonchev–Trinajstić information content (AvgIpc) is 3.26.